The number of nitrogens with zero attached hydrogens (tertiary/aromatic N) is 2. The van der Waals surface area contributed by atoms with Gasteiger partial charge in [0.05, 0.1) is 12.1 Å². The van der Waals surface area contributed by atoms with E-state index in [0.29, 0.717) is 12.5 Å². The summed E-state index contributed by atoms with van der Waals surface area (Å²) in [5, 5.41) is 4.29. The highest BCUT2D eigenvalue weighted by Gasteiger charge is 2.35. The van der Waals surface area contributed by atoms with Gasteiger partial charge in [-0.15, -0.1) is 0 Å². The Kier molecular flexibility index (Phi) is 5.18. The van der Waals surface area contributed by atoms with E-state index >= 15 is 0 Å². The van der Waals surface area contributed by atoms with Crippen LogP contribution in [0.25, 0.3) is 10.9 Å². The Labute approximate surface area is 147 Å². The van der Waals surface area contributed by atoms with Crippen molar-refractivity contribution in [1.82, 2.24) is 9.88 Å². The number of benzene rings is 1. The van der Waals surface area contributed by atoms with Gasteiger partial charge < -0.3 is 10.1 Å². The number of rotatable bonds is 5. The number of halogens is 1. The fourth-order valence-electron chi connectivity index (χ4n) is 3.36. The first-order valence-electron chi connectivity index (χ1n) is 8.71. The molecule has 2 aromatic rings. The van der Waals surface area contributed by atoms with Crippen LogP contribution in [0.5, 0.6) is 0 Å². The molecule has 3 unspecified atom stereocenters. The number of hydrogen-bond acceptors (Lipinski definition) is 5. The van der Waals surface area contributed by atoms with Crippen molar-refractivity contribution in [1.29, 1.82) is 0 Å². The molecule has 3 atom stereocenters. The van der Waals surface area contributed by atoms with Gasteiger partial charge in [0.15, 0.2) is 0 Å². The normalized spacial score (nSPS) is 22.1. The number of carbonyl (C=O) groups is 1. The molecular formula is C19H24FN3O2. The number of ether oxygens (including phenoxy) is 1. The summed E-state index contributed by atoms with van der Waals surface area (Å²) in [7, 11) is 0. The Hall–Kier alpha value is -2.21. The van der Waals surface area contributed by atoms with Gasteiger partial charge >= 0.3 is 5.97 Å². The van der Waals surface area contributed by atoms with E-state index in [2.05, 4.69) is 22.1 Å². The topological polar surface area (TPSA) is 54.5 Å². The second kappa shape index (κ2) is 7.35. The number of likely N-dealkylation sites (tertiary alicyclic amines) is 1. The van der Waals surface area contributed by atoms with Crippen LogP contribution in [0.3, 0.4) is 0 Å². The van der Waals surface area contributed by atoms with Crippen LogP contribution in [0.2, 0.25) is 0 Å². The van der Waals surface area contributed by atoms with Crippen LogP contribution in [0, 0.1) is 11.7 Å². The first-order chi connectivity index (χ1) is 12.0. The number of hydrogen-bond donors (Lipinski definition) is 1. The smallest absolute Gasteiger partial charge is 0.323 e. The second-order valence-electron chi connectivity index (χ2n) is 6.63. The molecule has 0 aliphatic carbocycles. The van der Waals surface area contributed by atoms with Crippen molar-refractivity contribution in [3.63, 3.8) is 0 Å². The zero-order valence-corrected chi connectivity index (χ0v) is 14.8. The molecule has 2 heterocycles. The SMILES string of the molecule is CCOC(=O)C(C)N1CC(C)C(Nc2ccnc3ccc(F)cc23)C1. The lowest BCUT2D eigenvalue weighted by Crippen LogP contribution is -2.39. The van der Waals surface area contributed by atoms with Gasteiger partial charge in [-0.2, -0.15) is 0 Å². The number of fused-ring (bicyclic) bond motifs is 1. The van der Waals surface area contributed by atoms with E-state index in [0.717, 1.165) is 29.7 Å². The Morgan fingerprint density at radius 1 is 1.44 bits per heavy atom. The van der Waals surface area contributed by atoms with Gasteiger partial charge in [0.25, 0.3) is 0 Å². The molecule has 0 radical (unpaired) electrons. The predicted molar refractivity (Wildman–Crippen MR) is 95.9 cm³/mol. The lowest BCUT2D eigenvalue weighted by Gasteiger charge is -2.23. The minimum absolute atomic E-state index is 0.172. The van der Waals surface area contributed by atoms with Crippen molar-refractivity contribution in [3.8, 4) is 0 Å². The lowest BCUT2D eigenvalue weighted by molar-refractivity contribution is -0.148. The largest absolute Gasteiger partial charge is 0.465 e. The highest BCUT2D eigenvalue weighted by Crippen LogP contribution is 2.27. The Morgan fingerprint density at radius 2 is 2.24 bits per heavy atom. The number of aromatic nitrogens is 1. The minimum atomic E-state index is -0.277. The van der Waals surface area contributed by atoms with Gasteiger partial charge in [-0.3, -0.25) is 14.7 Å². The zero-order chi connectivity index (χ0) is 18.0. The molecule has 6 heteroatoms. The van der Waals surface area contributed by atoms with Crippen molar-refractivity contribution in [3.05, 3.63) is 36.3 Å². The molecule has 25 heavy (non-hydrogen) atoms. The molecule has 0 saturated carbocycles. The number of nitrogens with one attached hydrogen (secondary N) is 1. The summed E-state index contributed by atoms with van der Waals surface area (Å²) in [6.07, 6.45) is 1.72. The predicted octanol–water partition coefficient (Wildman–Crippen LogP) is 3.06. The average molecular weight is 345 g/mol. The summed E-state index contributed by atoms with van der Waals surface area (Å²) in [5.74, 6) is -0.110. The number of esters is 1. The third-order valence-corrected chi connectivity index (χ3v) is 4.86. The first kappa shape index (κ1) is 17.6. The van der Waals surface area contributed by atoms with E-state index < -0.39 is 0 Å². The van der Waals surface area contributed by atoms with Gasteiger partial charge in [0, 0.05) is 36.4 Å². The maximum absolute atomic E-state index is 13.6. The van der Waals surface area contributed by atoms with Crippen LogP contribution in [-0.2, 0) is 9.53 Å². The van der Waals surface area contributed by atoms with E-state index in [1.165, 1.54) is 12.1 Å². The molecule has 0 spiro atoms. The molecule has 0 amide bonds. The summed E-state index contributed by atoms with van der Waals surface area (Å²) in [5.41, 5.74) is 1.63. The fraction of sp³-hybridized carbons (Fsp3) is 0.474. The van der Waals surface area contributed by atoms with Crippen molar-refractivity contribution >= 4 is 22.6 Å². The zero-order valence-electron chi connectivity index (χ0n) is 14.8. The second-order valence-corrected chi connectivity index (χ2v) is 6.63. The maximum atomic E-state index is 13.6. The van der Waals surface area contributed by atoms with Crippen LogP contribution >= 0.6 is 0 Å². The van der Waals surface area contributed by atoms with Crippen LogP contribution in [0.1, 0.15) is 20.8 Å². The first-order valence-corrected chi connectivity index (χ1v) is 8.71. The quantitative estimate of drug-likeness (QED) is 0.844. The van der Waals surface area contributed by atoms with Gasteiger partial charge in [-0.25, -0.2) is 4.39 Å². The molecule has 1 saturated heterocycles. The average Bonchev–Trinajstić information content (AvgIpc) is 2.95. The molecule has 1 N–H and O–H groups in total. The molecule has 1 aromatic carbocycles. The van der Waals surface area contributed by atoms with Crippen LogP contribution in [0.15, 0.2) is 30.5 Å². The third-order valence-electron chi connectivity index (χ3n) is 4.86. The van der Waals surface area contributed by atoms with E-state index in [1.807, 2.05) is 19.9 Å². The standard InChI is InChI=1S/C19H24FN3O2/c1-4-25-19(24)13(3)23-10-12(2)18(11-23)22-17-7-8-21-16-6-5-14(20)9-15(16)17/h5-9,12-13,18H,4,10-11H2,1-3H3,(H,21,22). The molecule has 1 aliphatic heterocycles. The van der Waals surface area contributed by atoms with E-state index in [1.54, 1.807) is 12.3 Å². The van der Waals surface area contributed by atoms with Gasteiger partial charge in [-0.1, -0.05) is 6.92 Å². The Balaban J connectivity index is 1.76. The van der Waals surface area contributed by atoms with Gasteiger partial charge in [0.1, 0.15) is 11.9 Å². The summed E-state index contributed by atoms with van der Waals surface area (Å²) in [6, 6.07) is 6.38. The monoisotopic (exact) mass is 345 g/mol. The molecule has 0 bridgehead atoms. The van der Waals surface area contributed by atoms with Crippen molar-refractivity contribution in [2.75, 3.05) is 25.0 Å². The third kappa shape index (κ3) is 3.74. The van der Waals surface area contributed by atoms with Gasteiger partial charge in [-0.05, 0) is 44.0 Å². The molecule has 5 nitrogen and oxygen atoms in total. The molecule has 1 aromatic heterocycles. The summed E-state index contributed by atoms with van der Waals surface area (Å²) < 4.78 is 18.7. The summed E-state index contributed by atoms with van der Waals surface area (Å²) >= 11 is 0. The van der Waals surface area contributed by atoms with E-state index in [4.69, 9.17) is 4.74 Å². The molecular weight excluding hydrogens is 321 g/mol. The number of pyridine rings is 1. The maximum Gasteiger partial charge on any atom is 0.323 e. The fourth-order valence-corrected chi connectivity index (χ4v) is 3.36. The Morgan fingerprint density at radius 3 is 3.00 bits per heavy atom. The Bertz CT molecular complexity index is 767. The molecule has 1 fully saturated rings. The number of carbonyl (C=O) groups excluding carboxylic acids is 1. The molecule has 3 rings (SSSR count). The van der Waals surface area contributed by atoms with E-state index in [9.17, 15) is 9.18 Å². The van der Waals surface area contributed by atoms with Crippen LogP contribution < -0.4 is 5.32 Å². The van der Waals surface area contributed by atoms with Crippen LogP contribution in [0.4, 0.5) is 10.1 Å². The van der Waals surface area contributed by atoms with Gasteiger partial charge in [0.2, 0.25) is 0 Å². The summed E-state index contributed by atoms with van der Waals surface area (Å²) in [4.78, 5) is 18.4. The van der Waals surface area contributed by atoms with Crippen LogP contribution in [-0.4, -0.2) is 47.6 Å². The molecule has 134 valence electrons. The lowest BCUT2D eigenvalue weighted by atomic mass is 10.1. The number of anilines is 1. The van der Waals surface area contributed by atoms with Crippen molar-refractivity contribution in [2.24, 2.45) is 5.92 Å². The van der Waals surface area contributed by atoms with E-state index in [-0.39, 0.29) is 23.9 Å². The summed E-state index contributed by atoms with van der Waals surface area (Å²) in [6.45, 7) is 7.79. The van der Waals surface area contributed by atoms with Crippen molar-refractivity contribution in [2.45, 2.75) is 32.9 Å². The molecule has 1 aliphatic rings. The minimum Gasteiger partial charge on any atom is -0.465 e. The highest BCUT2D eigenvalue weighted by molar-refractivity contribution is 5.91. The highest BCUT2D eigenvalue weighted by atomic mass is 19.1. The van der Waals surface area contributed by atoms with Crippen molar-refractivity contribution < 1.29 is 13.9 Å².